The van der Waals surface area contributed by atoms with Crippen LogP contribution in [0.4, 0.5) is 0 Å². The van der Waals surface area contributed by atoms with Gasteiger partial charge in [0.25, 0.3) is 0 Å². The summed E-state index contributed by atoms with van der Waals surface area (Å²) in [6.45, 7) is 8.54. The van der Waals surface area contributed by atoms with Crippen molar-refractivity contribution in [1.29, 1.82) is 0 Å². The smallest absolute Gasteiger partial charge is 0.120 e. The van der Waals surface area contributed by atoms with Crippen molar-refractivity contribution in [1.82, 2.24) is 0 Å². The molecule has 2 aromatic rings. The normalized spacial score (nSPS) is 14.2. The highest BCUT2D eigenvalue weighted by molar-refractivity contribution is 5.41. The minimum atomic E-state index is -0.345. The van der Waals surface area contributed by atoms with Crippen molar-refractivity contribution in [2.24, 2.45) is 0 Å². The molecule has 0 heterocycles. The molecule has 2 aromatic carbocycles. The van der Waals surface area contributed by atoms with E-state index >= 15 is 0 Å². The molecule has 0 amide bonds. The van der Waals surface area contributed by atoms with E-state index in [0.29, 0.717) is 6.42 Å². The average Bonchev–Trinajstić information content (AvgIpc) is 2.56. The molecule has 24 heavy (non-hydrogen) atoms. The number of hydrogen-bond donors (Lipinski definition) is 2. The van der Waals surface area contributed by atoms with Crippen LogP contribution in [0.2, 0.25) is 0 Å². The molecule has 0 saturated carbocycles. The Bertz CT molecular complexity index is 644. The second-order valence-electron chi connectivity index (χ2n) is 7.08. The Morgan fingerprint density at radius 3 is 1.83 bits per heavy atom. The molecule has 1 unspecified atom stereocenters. The standard InChI is InChI=1S/C21H28O3/c1-5-21(4,14-15-22)24-19-12-8-17(9-13-19)20(2,3)16-6-10-18(23)11-7-16/h6-13,22-23H,5,14-15H2,1-4H3. The van der Waals surface area contributed by atoms with Crippen LogP contribution in [0, 0.1) is 0 Å². The summed E-state index contributed by atoms with van der Waals surface area (Å²) in [5.41, 5.74) is 1.82. The van der Waals surface area contributed by atoms with Crippen molar-refractivity contribution in [3.63, 3.8) is 0 Å². The zero-order chi connectivity index (χ0) is 17.8. The first-order valence-electron chi connectivity index (χ1n) is 8.51. The Labute approximate surface area is 144 Å². The molecule has 0 aliphatic rings. The molecule has 0 saturated heterocycles. The topological polar surface area (TPSA) is 49.7 Å². The first-order valence-corrected chi connectivity index (χ1v) is 8.51. The Kier molecular flexibility index (Phi) is 5.55. The number of aliphatic hydroxyl groups is 1. The Morgan fingerprint density at radius 1 is 0.875 bits per heavy atom. The Hall–Kier alpha value is -2.00. The zero-order valence-corrected chi connectivity index (χ0v) is 15.0. The lowest BCUT2D eigenvalue weighted by Crippen LogP contribution is -2.32. The summed E-state index contributed by atoms with van der Waals surface area (Å²) < 4.78 is 6.09. The molecule has 2 rings (SSSR count). The number of phenols is 1. The largest absolute Gasteiger partial charge is 0.508 e. The van der Waals surface area contributed by atoms with Crippen molar-refractivity contribution in [2.45, 2.75) is 51.6 Å². The molecule has 3 nitrogen and oxygen atoms in total. The molecular weight excluding hydrogens is 300 g/mol. The molecule has 0 aliphatic heterocycles. The third kappa shape index (κ3) is 4.09. The van der Waals surface area contributed by atoms with Gasteiger partial charge in [0.2, 0.25) is 0 Å². The van der Waals surface area contributed by atoms with Crippen LogP contribution in [0.5, 0.6) is 11.5 Å². The lowest BCUT2D eigenvalue weighted by atomic mass is 9.78. The lowest BCUT2D eigenvalue weighted by Gasteiger charge is -2.30. The highest BCUT2D eigenvalue weighted by Gasteiger charge is 2.25. The van der Waals surface area contributed by atoms with Gasteiger partial charge in [-0.3, -0.25) is 0 Å². The van der Waals surface area contributed by atoms with Crippen LogP contribution in [0.25, 0.3) is 0 Å². The zero-order valence-electron chi connectivity index (χ0n) is 15.0. The monoisotopic (exact) mass is 328 g/mol. The molecule has 2 N–H and O–H groups in total. The molecule has 0 fully saturated rings. The van der Waals surface area contributed by atoms with E-state index in [4.69, 9.17) is 4.74 Å². The maximum absolute atomic E-state index is 9.47. The van der Waals surface area contributed by atoms with Crippen molar-refractivity contribution >= 4 is 0 Å². The summed E-state index contributed by atoms with van der Waals surface area (Å²) in [5, 5.41) is 18.7. The number of hydrogen-bond acceptors (Lipinski definition) is 3. The van der Waals surface area contributed by atoms with Gasteiger partial charge in [-0.1, -0.05) is 45.0 Å². The van der Waals surface area contributed by atoms with E-state index in [0.717, 1.165) is 17.7 Å². The number of ether oxygens (including phenoxy) is 1. The number of phenolic OH excluding ortho intramolecular Hbond substituents is 1. The van der Waals surface area contributed by atoms with Gasteiger partial charge in [0.1, 0.15) is 17.1 Å². The van der Waals surface area contributed by atoms with Crippen molar-refractivity contribution in [3.05, 3.63) is 59.7 Å². The fourth-order valence-electron chi connectivity index (χ4n) is 2.81. The fraction of sp³-hybridized carbons (Fsp3) is 0.429. The minimum absolute atomic E-state index is 0.121. The minimum Gasteiger partial charge on any atom is -0.508 e. The van der Waals surface area contributed by atoms with Crippen LogP contribution in [-0.4, -0.2) is 22.4 Å². The van der Waals surface area contributed by atoms with E-state index in [9.17, 15) is 10.2 Å². The summed E-state index contributed by atoms with van der Waals surface area (Å²) in [6, 6.07) is 15.5. The summed E-state index contributed by atoms with van der Waals surface area (Å²) in [6.07, 6.45) is 1.46. The van der Waals surface area contributed by atoms with Crippen LogP contribution in [0.15, 0.2) is 48.5 Å². The van der Waals surface area contributed by atoms with Crippen LogP contribution in [-0.2, 0) is 5.41 Å². The number of aliphatic hydroxyl groups excluding tert-OH is 1. The number of rotatable bonds is 7. The molecule has 0 bridgehead atoms. The molecular formula is C21H28O3. The van der Waals surface area contributed by atoms with Crippen LogP contribution in [0.3, 0.4) is 0 Å². The summed E-state index contributed by atoms with van der Waals surface area (Å²) in [4.78, 5) is 0. The average molecular weight is 328 g/mol. The summed E-state index contributed by atoms with van der Waals surface area (Å²) in [5.74, 6) is 1.10. The van der Waals surface area contributed by atoms with Gasteiger partial charge in [-0.25, -0.2) is 0 Å². The molecule has 1 atom stereocenters. The number of aromatic hydroxyl groups is 1. The quantitative estimate of drug-likeness (QED) is 0.778. The van der Waals surface area contributed by atoms with E-state index in [2.05, 4.69) is 32.9 Å². The van der Waals surface area contributed by atoms with Gasteiger partial charge in [-0.2, -0.15) is 0 Å². The highest BCUT2D eigenvalue weighted by atomic mass is 16.5. The molecule has 0 aromatic heterocycles. The fourth-order valence-corrected chi connectivity index (χ4v) is 2.81. The van der Waals surface area contributed by atoms with E-state index in [1.165, 1.54) is 5.56 Å². The van der Waals surface area contributed by atoms with Crippen molar-refractivity contribution in [3.8, 4) is 11.5 Å². The van der Waals surface area contributed by atoms with Gasteiger partial charge < -0.3 is 14.9 Å². The van der Waals surface area contributed by atoms with Gasteiger partial charge >= 0.3 is 0 Å². The van der Waals surface area contributed by atoms with Crippen molar-refractivity contribution < 1.29 is 14.9 Å². The third-order valence-electron chi connectivity index (χ3n) is 4.92. The van der Waals surface area contributed by atoms with E-state index in [-0.39, 0.29) is 23.4 Å². The van der Waals surface area contributed by atoms with Gasteiger partial charge in [0, 0.05) is 18.4 Å². The van der Waals surface area contributed by atoms with Gasteiger partial charge in [0.05, 0.1) is 0 Å². The third-order valence-corrected chi connectivity index (χ3v) is 4.92. The second-order valence-corrected chi connectivity index (χ2v) is 7.08. The van der Waals surface area contributed by atoms with Crippen molar-refractivity contribution in [2.75, 3.05) is 6.61 Å². The highest BCUT2D eigenvalue weighted by Crippen LogP contribution is 2.34. The molecule has 0 aliphatic carbocycles. The van der Waals surface area contributed by atoms with E-state index in [1.54, 1.807) is 12.1 Å². The van der Waals surface area contributed by atoms with Gasteiger partial charge in [-0.05, 0) is 48.7 Å². The Morgan fingerprint density at radius 2 is 1.38 bits per heavy atom. The lowest BCUT2D eigenvalue weighted by molar-refractivity contribution is 0.0550. The van der Waals surface area contributed by atoms with Crippen LogP contribution in [0.1, 0.15) is 51.7 Å². The van der Waals surface area contributed by atoms with Gasteiger partial charge in [-0.15, -0.1) is 0 Å². The van der Waals surface area contributed by atoms with Crippen LogP contribution < -0.4 is 4.74 Å². The predicted octanol–water partition coefficient (Wildman–Crippen LogP) is 4.65. The molecule has 3 heteroatoms. The second kappa shape index (κ2) is 7.27. The first-order chi connectivity index (χ1) is 11.3. The van der Waals surface area contributed by atoms with E-state index < -0.39 is 0 Å². The summed E-state index contributed by atoms with van der Waals surface area (Å²) in [7, 11) is 0. The van der Waals surface area contributed by atoms with Gasteiger partial charge in [0.15, 0.2) is 0 Å². The Balaban J connectivity index is 2.20. The predicted molar refractivity (Wildman–Crippen MR) is 97.7 cm³/mol. The molecule has 0 spiro atoms. The first kappa shape index (κ1) is 18.3. The van der Waals surface area contributed by atoms with E-state index in [1.807, 2.05) is 31.2 Å². The summed E-state index contributed by atoms with van der Waals surface area (Å²) >= 11 is 0. The molecule has 0 radical (unpaired) electrons. The number of benzene rings is 2. The maximum Gasteiger partial charge on any atom is 0.120 e. The SMILES string of the molecule is CCC(C)(CCO)Oc1ccc(C(C)(C)c2ccc(O)cc2)cc1. The molecule has 130 valence electrons. The maximum atomic E-state index is 9.47. The van der Waals surface area contributed by atoms with Crippen LogP contribution >= 0.6 is 0 Å².